The number of nitrogens with zero attached hydrogens (tertiary/aromatic N) is 2. The van der Waals surface area contributed by atoms with Gasteiger partial charge in [0.15, 0.2) is 5.75 Å². The summed E-state index contributed by atoms with van der Waals surface area (Å²) in [5.41, 5.74) is -1.23. The first-order chi connectivity index (χ1) is 14.9. The summed E-state index contributed by atoms with van der Waals surface area (Å²) in [6, 6.07) is 0. The number of unbranched alkanes of at least 4 members (excludes halogenated alkanes) is 1. The van der Waals surface area contributed by atoms with Crippen LogP contribution in [0, 0.1) is 24.0 Å². The first-order valence-electron chi connectivity index (χ1n) is 9.77. The number of carbonyl (C=O) groups is 1. The average Bonchev–Trinajstić information content (AvgIpc) is 2.57. The second-order valence-electron chi connectivity index (χ2n) is 8.07. The van der Waals surface area contributed by atoms with Gasteiger partial charge in [-0.05, 0) is 47.5 Å². The fraction of sp³-hybridized carbons (Fsp3) is 0.667. The van der Waals surface area contributed by atoms with Crippen LogP contribution in [-0.2, 0) is 14.9 Å². The average molecular weight is 500 g/mol. The Bertz CT molecular complexity index is 977. The Morgan fingerprint density at radius 2 is 1.73 bits per heavy atom. The van der Waals surface area contributed by atoms with Crippen molar-refractivity contribution in [2.75, 3.05) is 24.2 Å². The summed E-state index contributed by atoms with van der Waals surface area (Å²) in [7, 11) is -5.22. The van der Waals surface area contributed by atoms with Crippen LogP contribution in [0.1, 0.15) is 44.9 Å². The molecule has 0 aliphatic carbocycles. The van der Waals surface area contributed by atoms with Crippen LogP contribution in [0.15, 0.2) is 0 Å². The Morgan fingerprint density at radius 1 is 1.15 bits per heavy atom. The highest BCUT2D eigenvalue weighted by Crippen LogP contribution is 2.38. The van der Waals surface area contributed by atoms with E-state index in [9.17, 15) is 36.5 Å². The number of hydrogen-bond acceptors (Lipinski definition) is 9. The van der Waals surface area contributed by atoms with Gasteiger partial charge < -0.3 is 19.6 Å². The molecule has 0 fully saturated rings. The van der Waals surface area contributed by atoms with Crippen molar-refractivity contribution in [2.45, 2.75) is 59.2 Å². The molecule has 15 heteroatoms. The Hall–Kier alpha value is -2.84. The van der Waals surface area contributed by atoms with E-state index >= 15 is 0 Å². The third kappa shape index (κ3) is 10.1. The van der Waals surface area contributed by atoms with Crippen LogP contribution < -0.4 is 14.8 Å². The van der Waals surface area contributed by atoms with Gasteiger partial charge in [-0.15, -0.1) is 0 Å². The quantitative estimate of drug-likeness (QED) is 0.213. The fourth-order valence-corrected chi connectivity index (χ4v) is 3.33. The van der Waals surface area contributed by atoms with Gasteiger partial charge in [0.2, 0.25) is 0 Å². The lowest BCUT2D eigenvalue weighted by Crippen LogP contribution is -2.33. The van der Waals surface area contributed by atoms with Crippen LogP contribution in [-0.4, -0.2) is 55.0 Å². The predicted molar refractivity (Wildman–Crippen MR) is 113 cm³/mol. The van der Waals surface area contributed by atoms with Gasteiger partial charge in [-0.1, -0.05) is 0 Å². The maximum absolute atomic E-state index is 12.5. The van der Waals surface area contributed by atoms with E-state index in [0.29, 0.717) is 18.4 Å². The maximum Gasteiger partial charge on any atom is 0.407 e. The number of amides is 1. The van der Waals surface area contributed by atoms with E-state index < -0.39 is 50.2 Å². The topological polar surface area (TPSA) is 150 Å². The van der Waals surface area contributed by atoms with Gasteiger partial charge in [-0.2, -0.15) is 21.6 Å². The molecule has 1 aromatic rings. The first-order valence-corrected chi connectivity index (χ1v) is 11.3. The number of aromatic nitrogens is 1. The molecule has 0 saturated carbocycles. The first kappa shape index (κ1) is 28.2. The van der Waals surface area contributed by atoms with Gasteiger partial charge in [-0.25, -0.2) is 9.78 Å². The van der Waals surface area contributed by atoms with E-state index in [1.165, 1.54) is 13.8 Å². The van der Waals surface area contributed by atoms with Crippen LogP contribution in [0.5, 0.6) is 5.88 Å². The molecule has 11 nitrogen and oxygen atoms in total. The summed E-state index contributed by atoms with van der Waals surface area (Å²) in [6.07, 6.45) is -4.77. The maximum atomic E-state index is 12.5. The summed E-state index contributed by atoms with van der Waals surface area (Å²) in [5, 5.41) is 16.9. The Labute approximate surface area is 189 Å². The van der Waals surface area contributed by atoms with E-state index in [2.05, 4.69) is 19.8 Å². The summed E-state index contributed by atoms with van der Waals surface area (Å²) >= 11 is 0. The number of carbonyl (C=O) groups excluding carboxylic acids is 1. The van der Waals surface area contributed by atoms with E-state index in [1.807, 2.05) is 0 Å². The molecule has 1 rings (SSSR count). The number of hydrogen-bond donors (Lipinski definition) is 2. The van der Waals surface area contributed by atoms with Crippen LogP contribution >= 0.6 is 0 Å². The third-order valence-electron chi connectivity index (χ3n) is 3.93. The van der Waals surface area contributed by atoms with Crippen LogP contribution in [0.2, 0.25) is 0 Å². The van der Waals surface area contributed by atoms with Gasteiger partial charge >= 0.3 is 34.0 Å². The van der Waals surface area contributed by atoms with E-state index in [1.54, 1.807) is 20.8 Å². The van der Waals surface area contributed by atoms with E-state index in [4.69, 9.17) is 4.74 Å². The van der Waals surface area contributed by atoms with Crippen LogP contribution in [0.4, 0.5) is 29.3 Å². The van der Waals surface area contributed by atoms with Gasteiger partial charge in [0, 0.05) is 24.3 Å². The van der Waals surface area contributed by atoms with Crippen molar-refractivity contribution >= 4 is 27.6 Å². The standard InChI is InChI=1S/C18H27F3N4O7S/c1-11-12(2)24-15(32-33(29,30)10-18(19,20)21)14(25(27)28)13(11)22-8-6-7-9-23-16(26)31-17(3,4)5/h6-10H2,1-5H3,(H,22,24)(H,23,26). The number of alkyl halides is 3. The minimum atomic E-state index is -5.22. The smallest absolute Gasteiger partial charge is 0.407 e. The molecule has 188 valence electrons. The van der Waals surface area contributed by atoms with Gasteiger partial charge in [0.05, 0.1) is 4.92 Å². The van der Waals surface area contributed by atoms with Crippen molar-refractivity contribution < 1.29 is 40.2 Å². The molecule has 0 bridgehead atoms. The number of alkyl carbamates (subject to hydrolysis) is 1. The summed E-state index contributed by atoms with van der Waals surface area (Å²) in [6.45, 7) is 8.49. The lowest BCUT2D eigenvalue weighted by Gasteiger charge is -2.19. The van der Waals surface area contributed by atoms with Crippen LogP contribution in [0.25, 0.3) is 0 Å². The van der Waals surface area contributed by atoms with Gasteiger partial charge in [0.1, 0.15) is 11.3 Å². The highest BCUT2D eigenvalue weighted by atomic mass is 32.2. The minimum Gasteiger partial charge on any atom is -0.444 e. The number of nitro groups is 1. The summed E-state index contributed by atoms with van der Waals surface area (Å²) in [5.74, 6) is -3.37. The van der Waals surface area contributed by atoms with Gasteiger partial charge in [0.25, 0.3) is 0 Å². The lowest BCUT2D eigenvalue weighted by molar-refractivity contribution is -0.384. The van der Waals surface area contributed by atoms with E-state index in [-0.39, 0.29) is 24.5 Å². The monoisotopic (exact) mass is 500 g/mol. The number of ether oxygens (including phenoxy) is 1. The molecule has 1 heterocycles. The normalized spacial score (nSPS) is 12.2. The SMILES string of the molecule is Cc1nc(OS(=O)(=O)CC(F)(F)F)c([N+](=O)[O-])c(NCCCCNC(=O)OC(C)(C)C)c1C. The predicted octanol–water partition coefficient (Wildman–Crippen LogP) is 3.59. The number of anilines is 1. The molecule has 0 radical (unpaired) electrons. The molecule has 0 atom stereocenters. The Morgan fingerprint density at radius 3 is 2.24 bits per heavy atom. The molecule has 0 aliphatic rings. The van der Waals surface area contributed by atoms with Crippen molar-refractivity contribution in [1.29, 1.82) is 0 Å². The second-order valence-corrected chi connectivity index (χ2v) is 9.64. The number of rotatable bonds is 10. The van der Waals surface area contributed by atoms with Crippen molar-refractivity contribution in [3.8, 4) is 5.88 Å². The third-order valence-corrected chi connectivity index (χ3v) is 5.02. The molecule has 0 spiro atoms. The molecular formula is C18H27F3N4O7S. The molecule has 2 N–H and O–H groups in total. The zero-order valence-corrected chi connectivity index (χ0v) is 19.6. The summed E-state index contributed by atoms with van der Waals surface area (Å²) in [4.78, 5) is 25.8. The second kappa shape index (κ2) is 10.9. The molecule has 0 aliphatic heterocycles. The number of aryl methyl sites for hydroxylation is 1. The molecular weight excluding hydrogens is 473 g/mol. The van der Waals surface area contributed by atoms with Crippen molar-refractivity contribution in [3.05, 3.63) is 21.4 Å². The number of nitrogens with one attached hydrogen (secondary N) is 2. The Kier molecular flexibility index (Phi) is 9.27. The fourth-order valence-electron chi connectivity index (χ4n) is 2.52. The molecule has 1 amide bonds. The zero-order valence-electron chi connectivity index (χ0n) is 18.8. The summed E-state index contributed by atoms with van der Waals surface area (Å²) < 4.78 is 70.3. The van der Waals surface area contributed by atoms with Crippen molar-refractivity contribution in [3.63, 3.8) is 0 Å². The minimum absolute atomic E-state index is 0.121. The number of pyridine rings is 1. The van der Waals surface area contributed by atoms with Crippen LogP contribution in [0.3, 0.4) is 0 Å². The number of halogens is 3. The largest absolute Gasteiger partial charge is 0.444 e. The zero-order chi connectivity index (χ0) is 25.6. The lowest BCUT2D eigenvalue weighted by atomic mass is 10.1. The molecule has 0 saturated heterocycles. The molecule has 33 heavy (non-hydrogen) atoms. The van der Waals surface area contributed by atoms with Crippen molar-refractivity contribution in [1.82, 2.24) is 10.3 Å². The van der Waals surface area contributed by atoms with Gasteiger partial charge in [-0.3, -0.25) is 10.1 Å². The molecule has 0 aromatic carbocycles. The van der Waals surface area contributed by atoms with Crippen molar-refractivity contribution in [2.24, 2.45) is 0 Å². The molecule has 1 aromatic heterocycles. The highest BCUT2D eigenvalue weighted by molar-refractivity contribution is 7.87. The molecule has 0 unspecified atom stereocenters. The highest BCUT2D eigenvalue weighted by Gasteiger charge is 2.39. The van der Waals surface area contributed by atoms with E-state index in [0.717, 1.165) is 0 Å². The Balaban J connectivity index is 2.91.